The molecule has 0 radical (unpaired) electrons. The summed E-state index contributed by atoms with van der Waals surface area (Å²) >= 11 is 0. The van der Waals surface area contributed by atoms with Crippen molar-refractivity contribution in [3.63, 3.8) is 0 Å². The first kappa shape index (κ1) is 16.5. The number of rotatable bonds is 5. The quantitative estimate of drug-likeness (QED) is 0.772. The van der Waals surface area contributed by atoms with Gasteiger partial charge >= 0.3 is 6.03 Å². The second-order valence-electron chi connectivity index (χ2n) is 6.53. The average molecular weight is 335 g/mol. The summed E-state index contributed by atoms with van der Waals surface area (Å²) < 4.78 is 19.2. The summed E-state index contributed by atoms with van der Waals surface area (Å²) in [5, 5.41) is 7.97. The molecule has 0 aromatic heterocycles. The van der Waals surface area contributed by atoms with E-state index in [1.54, 1.807) is 0 Å². The molecule has 0 bridgehead atoms. The summed E-state index contributed by atoms with van der Waals surface area (Å²) in [5.41, 5.74) is 0.261. The predicted molar refractivity (Wildman–Crippen MR) is 87.4 cm³/mol. The molecule has 3 rings (SSSR count). The van der Waals surface area contributed by atoms with E-state index in [2.05, 4.69) is 16.0 Å². The van der Waals surface area contributed by atoms with Crippen LogP contribution in [-0.2, 0) is 4.79 Å². The Morgan fingerprint density at radius 1 is 1.38 bits per heavy atom. The third-order valence-electron chi connectivity index (χ3n) is 4.40. The summed E-state index contributed by atoms with van der Waals surface area (Å²) in [6.07, 6.45) is 3.07. The van der Waals surface area contributed by atoms with Crippen molar-refractivity contribution in [2.24, 2.45) is 11.8 Å². The number of anilines is 1. The molecule has 3 N–H and O–H groups in total. The standard InChI is InChI=1S/C17H22FN3O3/c1-10-6-7-19-16(22)15(10)21-17(23)20-13-8-12(18)4-5-14(13)24-9-11-2-3-11/h4-5,8,10-11,15H,2-3,6-7,9H2,1H3,(H,19,22)(H2,20,21,23)/t10-,15+/m0/s1. The van der Waals surface area contributed by atoms with Crippen molar-refractivity contribution in [1.29, 1.82) is 0 Å². The Bertz CT molecular complexity index is 634. The maximum absolute atomic E-state index is 13.5. The number of hydrogen-bond donors (Lipinski definition) is 3. The van der Waals surface area contributed by atoms with Gasteiger partial charge in [-0.15, -0.1) is 0 Å². The van der Waals surface area contributed by atoms with Crippen LogP contribution in [0.25, 0.3) is 0 Å². The van der Waals surface area contributed by atoms with Crippen LogP contribution in [0.3, 0.4) is 0 Å². The second kappa shape index (κ2) is 7.07. The fourth-order valence-corrected chi connectivity index (χ4v) is 2.68. The van der Waals surface area contributed by atoms with Crippen LogP contribution in [0.15, 0.2) is 18.2 Å². The maximum atomic E-state index is 13.5. The van der Waals surface area contributed by atoms with E-state index in [-0.39, 0.29) is 17.5 Å². The first-order chi connectivity index (χ1) is 11.5. The van der Waals surface area contributed by atoms with Gasteiger partial charge in [0.15, 0.2) is 0 Å². The van der Waals surface area contributed by atoms with E-state index in [1.165, 1.54) is 18.2 Å². The summed E-state index contributed by atoms with van der Waals surface area (Å²) in [6.45, 7) is 3.09. The Balaban J connectivity index is 1.64. The van der Waals surface area contributed by atoms with Crippen molar-refractivity contribution < 1.29 is 18.7 Å². The lowest BCUT2D eigenvalue weighted by Crippen LogP contribution is -2.55. The molecule has 2 fully saturated rings. The minimum absolute atomic E-state index is 0.0441. The van der Waals surface area contributed by atoms with Gasteiger partial charge < -0.3 is 20.7 Å². The van der Waals surface area contributed by atoms with Crippen molar-refractivity contribution >= 4 is 17.6 Å². The van der Waals surface area contributed by atoms with Crippen molar-refractivity contribution in [3.05, 3.63) is 24.0 Å². The Labute approximate surface area is 140 Å². The third-order valence-corrected chi connectivity index (χ3v) is 4.40. The van der Waals surface area contributed by atoms with E-state index in [4.69, 9.17) is 4.74 Å². The summed E-state index contributed by atoms with van der Waals surface area (Å²) in [4.78, 5) is 24.1. The molecule has 1 saturated heterocycles. The SMILES string of the molecule is C[C@H]1CCNC(=O)[C@@H]1NC(=O)Nc1cc(F)ccc1OCC1CC1. The van der Waals surface area contributed by atoms with Crippen LogP contribution in [0.2, 0.25) is 0 Å². The van der Waals surface area contributed by atoms with Crippen molar-refractivity contribution in [2.45, 2.75) is 32.2 Å². The highest BCUT2D eigenvalue weighted by Gasteiger charge is 2.30. The maximum Gasteiger partial charge on any atom is 0.320 e. The van der Waals surface area contributed by atoms with E-state index in [0.717, 1.165) is 19.3 Å². The van der Waals surface area contributed by atoms with Crippen molar-refractivity contribution in [2.75, 3.05) is 18.5 Å². The van der Waals surface area contributed by atoms with Gasteiger partial charge in [0, 0.05) is 12.6 Å². The first-order valence-corrected chi connectivity index (χ1v) is 8.30. The molecule has 1 heterocycles. The Kier molecular flexibility index (Phi) is 4.87. The van der Waals surface area contributed by atoms with Gasteiger partial charge in [-0.1, -0.05) is 6.92 Å². The molecule has 0 spiro atoms. The van der Waals surface area contributed by atoms with Crippen LogP contribution < -0.4 is 20.7 Å². The molecule has 0 unspecified atom stereocenters. The summed E-state index contributed by atoms with van der Waals surface area (Å²) in [6, 6.07) is 2.87. The zero-order valence-corrected chi connectivity index (χ0v) is 13.6. The molecule has 130 valence electrons. The van der Waals surface area contributed by atoms with Gasteiger partial charge in [0.1, 0.15) is 17.6 Å². The largest absolute Gasteiger partial charge is 0.491 e. The highest BCUT2D eigenvalue weighted by molar-refractivity contribution is 5.95. The van der Waals surface area contributed by atoms with Crippen LogP contribution in [-0.4, -0.2) is 31.1 Å². The first-order valence-electron chi connectivity index (χ1n) is 8.30. The topological polar surface area (TPSA) is 79.5 Å². The van der Waals surface area contributed by atoms with Gasteiger partial charge in [0.2, 0.25) is 5.91 Å². The number of amides is 3. The summed E-state index contributed by atoms with van der Waals surface area (Å²) in [5.74, 6) is 0.354. The average Bonchev–Trinajstić information content (AvgIpc) is 3.35. The lowest BCUT2D eigenvalue weighted by atomic mass is 9.94. The van der Waals surface area contributed by atoms with Crippen LogP contribution >= 0.6 is 0 Å². The molecule has 1 aromatic rings. The van der Waals surface area contributed by atoms with Gasteiger partial charge in [0.05, 0.1) is 12.3 Å². The van der Waals surface area contributed by atoms with Crippen LogP contribution in [0.5, 0.6) is 5.75 Å². The van der Waals surface area contributed by atoms with E-state index < -0.39 is 17.9 Å². The van der Waals surface area contributed by atoms with Gasteiger partial charge in [0.25, 0.3) is 0 Å². The van der Waals surface area contributed by atoms with Gasteiger partial charge in [-0.2, -0.15) is 0 Å². The predicted octanol–water partition coefficient (Wildman–Crippen LogP) is 2.26. The van der Waals surface area contributed by atoms with Gasteiger partial charge in [-0.3, -0.25) is 4.79 Å². The molecule has 7 heteroatoms. The van der Waals surface area contributed by atoms with Crippen LogP contribution in [0.4, 0.5) is 14.9 Å². The van der Waals surface area contributed by atoms with Crippen molar-refractivity contribution in [1.82, 2.24) is 10.6 Å². The molecule has 3 amide bonds. The Hall–Kier alpha value is -2.31. The monoisotopic (exact) mass is 335 g/mol. The van der Waals surface area contributed by atoms with E-state index >= 15 is 0 Å². The molecule has 2 atom stereocenters. The second-order valence-corrected chi connectivity index (χ2v) is 6.53. The lowest BCUT2D eigenvalue weighted by molar-refractivity contribution is -0.125. The number of nitrogens with one attached hydrogen (secondary N) is 3. The normalized spacial score (nSPS) is 23.3. The van der Waals surface area contributed by atoms with Crippen molar-refractivity contribution in [3.8, 4) is 5.75 Å². The van der Waals surface area contributed by atoms with E-state index in [0.29, 0.717) is 24.8 Å². The number of carbonyl (C=O) groups excluding carboxylic acids is 2. The fraction of sp³-hybridized carbons (Fsp3) is 0.529. The molecular weight excluding hydrogens is 313 g/mol. The number of piperidine rings is 1. The summed E-state index contributed by atoms with van der Waals surface area (Å²) in [7, 11) is 0. The zero-order chi connectivity index (χ0) is 17.1. The molecule has 1 aliphatic heterocycles. The molecular formula is C17H22FN3O3. The number of hydrogen-bond acceptors (Lipinski definition) is 3. The number of carbonyl (C=O) groups is 2. The van der Waals surface area contributed by atoms with E-state index in [1.807, 2.05) is 6.92 Å². The minimum atomic E-state index is -0.594. The smallest absolute Gasteiger partial charge is 0.320 e. The number of benzene rings is 1. The molecule has 1 saturated carbocycles. The highest BCUT2D eigenvalue weighted by atomic mass is 19.1. The number of halogens is 1. The lowest BCUT2D eigenvalue weighted by Gasteiger charge is -2.29. The van der Waals surface area contributed by atoms with Crippen LogP contribution in [0, 0.1) is 17.7 Å². The molecule has 2 aliphatic rings. The number of ether oxygens (including phenoxy) is 1. The molecule has 6 nitrogen and oxygen atoms in total. The van der Waals surface area contributed by atoms with Gasteiger partial charge in [-0.25, -0.2) is 9.18 Å². The highest BCUT2D eigenvalue weighted by Crippen LogP contribution is 2.32. The molecule has 1 aliphatic carbocycles. The third kappa shape index (κ3) is 4.15. The fourth-order valence-electron chi connectivity index (χ4n) is 2.68. The Morgan fingerprint density at radius 2 is 2.17 bits per heavy atom. The van der Waals surface area contributed by atoms with Gasteiger partial charge in [-0.05, 0) is 43.2 Å². The molecule has 1 aromatic carbocycles. The zero-order valence-electron chi connectivity index (χ0n) is 13.6. The van der Waals surface area contributed by atoms with Crippen LogP contribution in [0.1, 0.15) is 26.2 Å². The minimum Gasteiger partial charge on any atom is -0.491 e. The van der Waals surface area contributed by atoms with E-state index in [9.17, 15) is 14.0 Å². The number of urea groups is 1. The molecule has 24 heavy (non-hydrogen) atoms. The Morgan fingerprint density at radius 3 is 2.88 bits per heavy atom.